The van der Waals surface area contributed by atoms with Crippen LogP contribution in [0.5, 0.6) is 0 Å². The number of carbonyl (C=O) groups is 1. The molecule has 0 bridgehead atoms. The summed E-state index contributed by atoms with van der Waals surface area (Å²) in [6.07, 6.45) is -4.54. The fourth-order valence-corrected chi connectivity index (χ4v) is 2.06. The van der Waals surface area contributed by atoms with Gasteiger partial charge in [0.15, 0.2) is 10.8 Å². The van der Waals surface area contributed by atoms with Gasteiger partial charge in [-0.1, -0.05) is 0 Å². The summed E-state index contributed by atoms with van der Waals surface area (Å²) in [6.45, 7) is 0. The Morgan fingerprint density at radius 3 is 2.50 bits per heavy atom. The van der Waals surface area contributed by atoms with Crippen LogP contribution in [0.15, 0.2) is 23.6 Å². The Morgan fingerprint density at radius 2 is 1.95 bits per heavy atom. The molecule has 0 fully saturated rings. The van der Waals surface area contributed by atoms with Crippen molar-refractivity contribution in [3.05, 3.63) is 34.8 Å². The molecule has 0 saturated carbocycles. The number of amides is 1. The van der Waals surface area contributed by atoms with Gasteiger partial charge >= 0.3 is 6.18 Å². The van der Waals surface area contributed by atoms with Crippen molar-refractivity contribution >= 4 is 33.8 Å². The fraction of sp³-hybridized carbons (Fsp3) is 0.0909. The lowest BCUT2D eigenvalue weighted by atomic mass is 10.1. The number of benzene rings is 1. The molecule has 1 amide bonds. The molecule has 0 unspecified atom stereocenters. The molecule has 0 aliphatic carbocycles. The molecule has 106 valence electrons. The van der Waals surface area contributed by atoms with Crippen LogP contribution < -0.4 is 16.8 Å². The molecule has 20 heavy (non-hydrogen) atoms. The molecule has 1 heterocycles. The summed E-state index contributed by atoms with van der Waals surface area (Å²) in [7, 11) is 0. The van der Waals surface area contributed by atoms with Gasteiger partial charge in [0.25, 0.3) is 5.91 Å². The molecule has 5 N–H and O–H groups in total. The second-order valence-corrected chi connectivity index (χ2v) is 4.69. The van der Waals surface area contributed by atoms with E-state index in [4.69, 9.17) is 11.5 Å². The van der Waals surface area contributed by atoms with Gasteiger partial charge in [-0.15, -0.1) is 11.3 Å². The Balaban J connectivity index is 2.15. The number of hydrogen-bond donors (Lipinski definition) is 3. The molecular formula is C11H9F3N4OS. The van der Waals surface area contributed by atoms with E-state index in [0.29, 0.717) is 17.0 Å². The first kappa shape index (κ1) is 14.1. The highest BCUT2D eigenvalue weighted by Crippen LogP contribution is 2.31. The lowest BCUT2D eigenvalue weighted by Gasteiger charge is -2.05. The first-order valence-electron chi connectivity index (χ1n) is 5.26. The Kier molecular flexibility index (Phi) is 3.53. The zero-order chi connectivity index (χ0) is 14.9. The van der Waals surface area contributed by atoms with E-state index in [2.05, 4.69) is 10.3 Å². The minimum atomic E-state index is -4.54. The Bertz CT molecular complexity index is 653. The number of carbonyl (C=O) groups excluding carboxylic acids is 1. The maximum absolute atomic E-state index is 12.4. The van der Waals surface area contributed by atoms with Crippen molar-refractivity contribution in [2.24, 2.45) is 0 Å². The van der Waals surface area contributed by atoms with E-state index in [-0.39, 0.29) is 16.4 Å². The number of alkyl halides is 3. The first-order chi connectivity index (χ1) is 9.27. The van der Waals surface area contributed by atoms with Crippen LogP contribution in [-0.4, -0.2) is 10.9 Å². The van der Waals surface area contributed by atoms with E-state index in [1.807, 2.05) is 0 Å². The van der Waals surface area contributed by atoms with Crippen LogP contribution in [0.1, 0.15) is 16.1 Å². The first-order valence-corrected chi connectivity index (χ1v) is 6.14. The largest absolute Gasteiger partial charge is 0.434 e. The molecule has 9 heteroatoms. The number of nitrogens with two attached hydrogens (primary N) is 2. The predicted molar refractivity (Wildman–Crippen MR) is 70.3 cm³/mol. The molecule has 0 radical (unpaired) electrons. The zero-order valence-corrected chi connectivity index (χ0v) is 10.7. The smallest absolute Gasteiger partial charge is 0.397 e. The van der Waals surface area contributed by atoms with Gasteiger partial charge in [0.1, 0.15) is 0 Å². The maximum Gasteiger partial charge on any atom is 0.434 e. The summed E-state index contributed by atoms with van der Waals surface area (Å²) < 4.78 is 37.1. The van der Waals surface area contributed by atoms with Gasteiger partial charge in [-0.05, 0) is 18.2 Å². The zero-order valence-electron chi connectivity index (χ0n) is 9.86. The van der Waals surface area contributed by atoms with Crippen LogP contribution in [0, 0.1) is 0 Å². The average molecular weight is 302 g/mol. The van der Waals surface area contributed by atoms with Gasteiger partial charge in [-0.25, -0.2) is 4.98 Å². The van der Waals surface area contributed by atoms with E-state index in [9.17, 15) is 18.0 Å². The quantitative estimate of drug-likeness (QED) is 0.743. The second-order valence-electron chi connectivity index (χ2n) is 3.83. The van der Waals surface area contributed by atoms with Gasteiger partial charge in [-0.3, -0.25) is 10.1 Å². The van der Waals surface area contributed by atoms with Crippen LogP contribution in [0.2, 0.25) is 0 Å². The van der Waals surface area contributed by atoms with Crippen molar-refractivity contribution in [2.75, 3.05) is 16.8 Å². The predicted octanol–water partition coefficient (Wildman–Crippen LogP) is 2.58. The molecule has 2 rings (SSSR count). The molecule has 0 aliphatic rings. The van der Waals surface area contributed by atoms with Gasteiger partial charge < -0.3 is 11.5 Å². The van der Waals surface area contributed by atoms with Crippen molar-refractivity contribution in [1.82, 2.24) is 4.98 Å². The molecule has 0 atom stereocenters. The molecule has 2 aromatic rings. The van der Waals surface area contributed by atoms with Gasteiger partial charge in [0.2, 0.25) is 0 Å². The topological polar surface area (TPSA) is 94.0 Å². The van der Waals surface area contributed by atoms with Crippen molar-refractivity contribution in [3.8, 4) is 0 Å². The third-order valence-corrected chi connectivity index (χ3v) is 3.12. The molecule has 5 nitrogen and oxygen atoms in total. The van der Waals surface area contributed by atoms with Crippen LogP contribution in [0.4, 0.5) is 29.7 Å². The number of hydrogen-bond acceptors (Lipinski definition) is 5. The summed E-state index contributed by atoms with van der Waals surface area (Å²) in [6, 6.07) is 4.19. The maximum atomic E-state index is 12.4. The number of nitrogen functional groups attached to an aromatic ring is 2. The normalized spacial score (nSPS) is 11.3. The van der Waals surface area contributed by atoms with E-state index in [1.165, 1.54) is 18.2 Å². The summed E-state index contributed by atoms with van der Waals surface area (Å²) in [5.74, 6) is -0.611. The number of anilines is 3. The van der Waals surface area contributed by atoms with Crippen LogP contribution in [0.25, 0.3) is 0 Å². The number of nitrogens with zero attached hydrogens (tertiary/aromatic N) is 1. The van der Waals surface area contributed by atoms with E-state index in [1.54, 1.807) is 0 Å². The minimum absolute atomic E-state index is 0.141. The summed E-state index contributed by atoms with van der Waals surface area (Å²) in [5.41, 5.74) is 10.7. The summed E-state index contributed by atoms with van der Waals surface area (Å²) in [4.78, 5) is 15.1. The Labute approximate surface area is 115 Å². The Morgan fingerprint density at radius 1 is 1.25 bits per heavy atom. The minimum Gasteiger partial charge on any atom is -0.397 e. The van der Waals surface area contributed by atoms with E-state index >= 15 is 0 Å². The van der Waals surface area contributed by atoms with Crippen molar-refractivity contribution in [2.45, 2.75) is 6.18 Å². The second kappa shape index (κ2) is 5.00. The van der Waals surface area contributed by atoms with Crippen molar-refractivity contribution < 1.29 is 18.0 Å². The average Bonchev–Trinajstić information content (AvgIpc) is 2.81. The molecule has 1 aromatic heterocycles. The van der Waals surface area contributed by atoms with Crippen LogP contribution in [0.3, 0.4) is 0 Å². The molecular weight excluding hydrogens is 293 g/mol. The molecule has 0 aliphatic heterocycles. The number of rotatable bonds is 2. The summed E-state index contributed by atoms with van der Waals surface area (Å²) in [5, 5.41) is 2.95. The number of aromatic nitrogens is 1. The van der Waals surface area contributed by atoms with Gasteiger partial charge in [-0.2, -0.15) is 13.2 Å². The SMILES string of the molecule is Nc1ccc(C(=O)Nc2nc(C(F)(F)F)cs2)cc1N. The fourth-order valence-electron chi connectivity index (χ4n) is 1.35. The third-order valence-electron chi connectivity index (χ3n) is 2.36. The van der Waals surface area contributed by atoms with Crippen molar-refractivity contribution in [1.29, 1.82) is 0 Å². The highest BCUT2D eigenvalue weighted by Gasteiger charge is 2.33. The number of thiazole rings is 1. The standard InChI is InChI=1S/C11H9F3N4OS/c12-11(13,14)8-4-20-10(17-8)18-9(19)5-1-2-6(15)7(16)3-5/h1-4H,15-16H2,(H,17,18,19). The van der Waals surface area contributed by atoms with Crippen molar-refractivity contribution in [3.63, 3.8) is 0 Å². The monoisotopic (exact) mass is 302 g/mol. The molecule has 0 spiro atoms. The van der Waals surface area contributed by atoms with Crippen LogP contribution >= 0.6 is 11.3 Å². The van der Waals surface area contributed by atoms with Gasteiger partial charge in [0, 0.05) is 10.9 Å². The van der Waals surface area contributed by atoms with E-state index in [0.717, 1.165) is 5.38 Å². The lowest BCUT2D eigenvalue weighted by molar-refractivity contribution is -0.140. The molecule has 0 saturated heterocycles. The highest BCUT2D eigenvalue weighted by atomic mass is 32.1. The number of nitrogens with one attached hydrogen (secondary N) is 1. The Hall–Kier alpha value is -2.29. The molecule has 1 aromatic carbocycles. The summed E-state index contributed by atoms with van der Waals surface area (Å²) >= 11 is 0.688. The highest BCUT2D eigenvalue weighted by molar-refractivity contribution is 7.14. The van der Waals surface area contributed by atoms with Crippen LogP contribution in [-0.2, 0) is 6.18 Å². The van der Waals surface area contributed by atoms with Gasteiger partial charge in [0.05, 0.1) is 11.4 Å². The lowest BCUT2D eigenvalue weighted by Crippen LogP contribution is -2.13. The number of halogens is 3. The van der Waals surface area contributed by atoms with E-state index < -0.39 is 17.8 Å². The third kappa shape index (κ3) is 2.99.